The minimum absolute atomic E-state index is 0.312. The van der Waals surface area contributed by atoms with Gasteiger partial charge in [-0.15, -0.1) is 0 Å². The third-order valence-corrected chi connectivity index (χ3v) is 3.71. The Labute approximate surface area is 123 Å². The Morgan fingerprint density at radius 2 is 2.19 bits per heavy atom. The molecule has 5 heteroatoms. The lowest BCUT2D eigenvalue weighted by molar-refractivity contribution is 0.0520. The maximum absolute atomic E-state index is 11.7. The number of carbonyl (C=O) groups excluding carboxylic acids is 1. The van der Waals surface area contributed by atoms with Crippen molar-refractivity contribution in [2.24, 2.45) is 0 Å². The zero-order valence-electron chi connectivity index (χ0n) is 12.1. The van der Waals surface area contributed by atoms with Crippen molar-refractivity contribution in [1.29, 1.82) is 0 Å². The Bertz CT molecular complexity index is 629. The molecule has 0 saturated carbocycles. The summed E-state index contributed by atoms with van der Waals surface area (Å²) in [6.07, 6.45) is 2.05. The molecule has 0 spiro atoms. The van der Waals surface area contributed by atoms with E-state index in [9.17, 15) is 4.79 Å². The van der Waals surface area contributed by atoms with Gasteiger partial charge in [-0.2, -0.15) is 0 Å². The molecule has 3 rings (SSSR count). The molecule has 0 aliphatic carbocycles. The normalized spacial score (nSPS) is 16.0. The van der Waals surface area contributed by atoms with Crippen LogP contribution in [0.3, 0.4) is 0 Å². The lowest BCUT2D eigenvalue weighted by Gasteiger charge is -2.24. The quantitative estimate of drug-likeness (QED) is 0.849. The number of rotatable bonds is 4. The Balaban J connectivity index is 1.77. The third kappa shape index (κ3) is 3.19. The minimum Gasteiger partial charge on any atom is -0.461 e. The van der Waals surface area contributed by atoms with Crippen LogP contribution in [-0.2, 0) is 9.47 Å². The molecular weight excluding hydrogens is 268 g/mol. The molecule has 0 bridgehead atoms. The first-order valence-corrected chi connectivity index (χ1v) is 7.40. The molecule has 0 unspecified atom stereocenters. The Hall–Kier alpha value is -2.01. The summed E-state index contributed by atoms with van der Waals surface area (Å²) in [5, 5.41) is 4.53. The maximum Gasteiger partial charge on any atom is 0.354 e. The van der Waals surface area contributed by atoms with Gasteiger partial charge in [0.2, 0.25) is 0 Å². The number of hydrogen-bond acceptors (Lipinski definition) is 4. The van der Waals surface area contributed by atoms with Crippen LogP contribution in [0.4, 0.5) is 5.69 Å². The number of anilines is 1. The minimum atomic E-state index is -0.312. The van der Waals surface area contributed by atoms with Crippen LogP contribution in [0.1, 0.15) is 30.3 Å². The molecule has 2 heterocycles. The summed E-state index contributed by atoms with van der Waals surface area (Å²) in [4.78, 5) is 14.9. The van der Waals surface area contributed by atoms with E-state index in [1.807, 2.05) is 24.3 Å². The van der Waals surface area contributed by atoms with E-state index in [0.29, 0.717) is 18.3 Å². The summed E-state index contributed by atoms with van der Waals surface area (Å²) in [6, 6.07) is 8.37. The number of hydrogen-bond donors (Lipinski definition) is 2. The van der Waals surface area contributed by atoms with Crippen LogP contribution in [0.25, 0.3) is 10.9 Å². The van der Waals surface area contributed by atoms with Crippen molar-refractivity contribution >= 4 is 22.6 Å². The molecule has 0 atom stereocenters. The van der Waals surface area contributed by atoms with Crippen molar-refractivity contribution in [3.8, 4) is 0 Å². The van der Waals surface area contributed by atoms with Crippen LogP contribution in [0.5, 0.6) is 0 Å². The van der Waals surface area contributed by atoms with Crippen LogP contribution >= 0.6 is 0 Å². The number of benzene rings is 1. The summed E-state index contributed by atoms with van der Waals surface area (Å²) < 4.78 is 10.4. The SMILES string of the molecule is CCOC(=O)c1cc2ccc(NC3CCOCC3)cc2[nH]1. The van der Waals surface area contributed by atoms with Crippen LogP contribution in [0.2, 0.25) is 0 Å². The second-order valence-corrected chi connectivity index (χ2v) is 5.24. The number of H-pyrrole nitrogens is 1. The highest BCUT2D eigenvalue weighted by atomic mass is 16.5. The van der Waals surface area contributed by atoms with Gasteiger partial charge in [0.05, 0.1) is 6.61 Å². The molecule has 1 aliphatic rings. The second kappa shape index (κ2) is 6.18. The third-order valence-electron chi connectivity index (χ3n) is 3.71. The predicted octanol–water partition coefficient (Wildman–Crippen LogP) is 2.94. The fraction of sp³-hybridized carbons (Fsp3) is 0.438. The first-order chi connectivity index (χ1) is 10.3. The molecule has 0 radical (unpaired) electrons. The van der Waals surface area contributed by atoms with Gasteiger partial charge < -0.3 is 19.8 Å². The number of carbonyl (C=O) groups is 1. The number of aromatic nitrogens is 1. The molecule has 2 aromatic rings. The molecule has 1 aromatic heterocycles. The summed E-state index contributed by atoms with van der Waals surface area (Å²) in [5.74, 6) is -0.312. The van der Waals surface area contributed by atoms with Gasteiger partial charge in [-0.1, -0.05) is 6.07 Å². The number of nitrogens with one attached hydrogen (secondary N) is 2. The fourth-order valence-electron chi connectivity index (χ4n) is 2.61. The fourth-order valence-corrected chi connectivity index (χ4v) is 2.61. The molecule has 1 aliphatic heterocycles. The molecule has 5 nitrogen and oxygen atoms in total. The monoisotopic (exact) mass is 288 g/mol. The maximum atomic E-state index is 11.7. The van der Waals surface area contributed by atoms with Gasteiger partial charge in [0, 0.05) is 35.8 Å². The summed E-state index contributed by atoms with van der Waals surface area (Å²) in [5.41, 5.74) is 2.50. The number of fused-ring (bicyclic) bond motifs is 1. The van der Waals surface area contributed by atoms with Crippen molar-refractivity contribution in [2.45, 2.75) is 25.8 Å². The number of esters is 1. The Morgan fingerprint density at radius 1 is 1.38 bits per heavy atom. The van der Waals surface area contributed by atoms with Gasteiger partial charge in [0.1, 0.15) is 5.69 Å². The molecule has 1 saturated heterocycles. The average molecular weight is 288 g/mol. The average Bonchev–Trinajstić information content (AvgIpc) is 2.92. The lowest BCUT2D eigenvalue weighted by atomic mass is 10.1. The Kier molecular flexibility index (Phi) is 4.10. The van der Waals surface area contributed by atoms with Gasteiger partial charge in [0.25, 0.3) is 0 Å². The molecular formula is C16H20N2O3. The largest absolute Gasteiger partial charge is 0.461 e. The van der Waals surface area contributed by atoms with Gasteiger partial charge in [-0.25, -0.2) is 4.79 Å². The van der Waals surface area contributed by atoms with Crippen molar-refractivity contribution in [3.63, 3.8) is 0 Å². The van der Waals surface area contributed by atoms with Crippen LogP contribution in [0.15, 0.2) is 24.3 Å². The van der Waals surface area contributed by atoms with Crippen LogP contribution < -0.4 is 5.32 Å². The van der Waals surface area contributed by atoms with Crippen molar-refractivity contribution < 1.29 is 14.3 Å². The van der Waals surface area contributed by atoms with E-state index in [1.165, 1.54) is 0 Å². The summed E-state index contributed by atoms with van der Waals surface area (Å²) >= 11 is 0. The highest BCUT2D eigenvalue weighted by molar-refractivity contribution is 5.95. The highest BCUT2D eigenvalue weighted by Gasteiger charge is 2.14. The van der Waals surface area contributed by atoms with Crippen molar-refractivity contribution in [3.05, 3.63) is 30.0 Å². The smallest absolute Gasteiger partial charge is 0.354 e. The summed E-state index contributed by atoms with van der Waals surface area (Å²) in [6.45, 7) is 3.81. The zero-order valence-corrected chi connectivity index (χ0v) is 12.1. The first kappa shape index (κ1) is 13.9. The predicted molar refractivity (Wildman–Crippen MR) is 81.7 cm³/mol. The molecule has 112 valence electrons. The standard InChI is InChI=1S/C16H20N2O3/c1-2-21-16(19)15-9-11-3-4-13(10-14(11)18-15)17-12-5-7-20-8-6-12/h3-4,9-10,12,17-18H,2,5-8H2,1H3. The Morgan fingerprint density at radius 3 is 2.95 bits per heavy atom. The van der Waals surface area contributed by atoms with Crippen molar-refractivity contribution in [1.82, 2.24) is 4.98 Å². The van der Waals surface area contributed by atoms with E-state index in [2.05, 4.69) is 10.3 Å². The first-order valence-electron chi connectivity index (χ1n) is 7.40. The molecule has 1 aromatic carbocycles. The van der Waals surface area contributed by atoms with Gasteiger partial charge in [0.15, 0.2) is 0 Å². The lowest BCUT2D eigenvalue weighted by Crippen LogP contribution is -2.27. The molecule has 2 N–H and O–H groups in total. The van der Waals surface area contributed by atoms with E-state index in [4.69, 9.17) is 9.47 Å². The van der Waals surface area contributed by atoms with E-state index in [0.717, 1.165) is 42.6 Å². The van der Waals surface area contributed by atoms with Gasteiger partial charge in [-0.05, 0) is 38.0 Å². The summed E-state index contributed by atoms with van der Waals surface area (Å²) in [7, 11) is 0. The van der Waals surface area contributed by atoms with E-state index >= 15 is 0 Å². The number of ether oxygens (including phenoxy) is 2. The van der Waals surface area contributed by atoms with E-state index in [1.54, 1.807) is 6.92 Å². The molecule has 0 amide bonds. The van der Waals surface area contributed by atoms with Gasteiger partial charge in [-0.3, -0.25) is 0 Å². The number of aromatic amines is 1. The van der Waals surface area contributed by atoms with Crippen LogP contribution in [0, 0.1) is 0 Å². The van der Waals surface area contributed by atoms with E-state index < -0.39 is 0 Å². The van der Waals surface area contributed by atoms with Gasteiger partial charge >= 0.3 is 5.97 Å². The van der Waals surface area contributed by atoms with Crippen LogP contribution in [-0.4, -0.2) is 36.8 Å². The topological polar surface area (TPSA) is 63.4 Å². The second-order valence-electron chi connectivity index (χ2n) is 5.24. The zero-order chi connectivity index (χ0) is 14.7. The molecule has 21 heavy (non-hydrogen) atoms. The molecule has 1 fully saturated rings. The highest BCUT2D eigenvalue weighted by Crippen LogP contribution is 2.22. The van der Waals surface area contributed by atoms with Crippen molar-refractivity contribution in [2.75, 3.05) is 25.1 Å². The van der Waals surface area contributed by atoms with E-state index in [-0.39, 0.29) is 5.97 Å².